The molecule has 1 aromatic carbocycles. The van der Waals surface area contributed by atoms with Crippen LogP contribution in [0.3, 0.4) is 0 Å². The maximum absolute atomic E-state index is 12.5. The number of fused-ring (bicyclic) bond motifs is 1. The first-order chi connectivity index (χ1) is 9.38. The molecule has 5 nitrogen and oxygen atoms in total. The highest BCUT2D eigenvalue weighted by molar-refractivity contribution is 6.02. The summed E-state index contributed by atoms with van der Waals surface area (Å²) in [4.78, 5) is 25.5. The van der Waals surface area contributed by atoms with E-state index in [4.69, 9.17) is 5.73 Å². The normalized spacial score (nSPS) is 17.2. The number of aromatic carboxylic acids is 1. The highest BCUT2D eigenvalue weighted by atomic mass is 16.4. The standard InChI is InChI=1S/C15H20N2O3/c1-3-15(2,16)14(20)17-9-5-7-10-11(13(18)19)6-4-8-12(10)17/h4,6,8H,3,5,7,9,16H2,1-2H3,(H,18,19). The number of amides is 1. The van der Waals surface area contributed by atoms with Crippen molar-refractivity contribution in [1.29, 1.82) is 0 Å². The Kier molecular flexibility index (Phi) is 3.81. The molecule has 0 aliphatic carbocycles. The van der Waals surface area contributed by atoms with Crippen LogP contribution in [-0.2, 0) is 11.2 Å². The average molecular weight is 276 g/mol. The molecule has 0 saturated carbocycles. The Labute approximate surface area is 118 Å². The van der Waals surface area contributed by atoms with E-state index in [9.17, 15) is 14.7 Å². The van der Waals surface area contributed by atoms with Gasteiger partial charge in [0.1, 0.15) is 0 Å². The summed E-state index contributed by atoms with van der Waals surface area (Å²) in [6.07, 6.45) is 1.97. The lowest BCUT2D eigenvalue weighted by molar-refractivity contribution is -0.123. The number of rotatable bonds is 3. The van der Waals surface area contributed by atoms with Crippen LogP contribution in [0.15, 0.2) is 18.2 Å². The molecule has 0 aromatic heterocycles. The van der Waals surface area contributed by atoms with Crippen molar-refractivity contribution in [3.05, 3.63) is 29.3 Å². The summed E-state index contributed by atoms with van der Waals surface area (Å²) in [5, 5.41) is 9.24. The van der Waals surface area contributed by atoms with Crippen molar-refractivity contribution in [2.45, 2.75) is 38.6 Å². The second-order valence-electron chi connectivity index (χ2n) is 5.44. The van der Waals surface area contributed by atoms with Crippen LogP contribution < -0.4 is 10.6 Å². The molecule has 108 valence electrons. The molecule has 0 fully saturated rings. The highest BCUT2D eigenvalue weighted by Gasteiger charge is 2.34. The fraction of sp³-hybridized carbons (Fsp3) is 0.467. The van der Waals surface area contributed by atoms with Gasteiger partial charge in [-0.1, -0.05) is 13.0 Å². The first-order valence-corrected chi connectivity index (χ1v) is 6.84. The molecule has 1 unspecified atom stereocenters. The Morgan fingerprint density at radius 3 is 2.75 bits per heavy atom. The maximum Gasteiger partial charge on any atom is 0.336 e. The summed E-state index contributed by atoms with van der Waals surface area (Å²) in [6.45, 7) is 4.17. The summed E-state index contributed by atoms with van der Waals surface area (Å²) in [6, 6.07) is 5.05. The quantitative estimate of drug-likeness (QED) is 0.881. The minimum atomic E-state index is -0.956. The predicted molar refractivity (Wildman–Crippen MR) is 77.0 cm³/mol. The van der Waals surface area contributed by atoms with Gasteiger partial charge < -0.3 is 15.7 Å². The van der Waals surface area contributed by atoms with Crippen LogP contribution in [0.5, 0.6) is 0 Å². The van der Waals surface area contributed by atoms with Crippen LogP contribution in [0.2, 0.25) is 0 Å². The Balaban J connectivity index is 2.46. The Morgan fingerprint density at radius 1 is 1.45 bits per heavy atom. The van der Waals surface area contributed by atoms with Gasteiger partial charge in [0.25, 0.3) is 0 Å². The topological polar surface area (TPSA) is 83.6 Å². The zero-order valence-corrected chi connectivity index (χ0v) is 11.8. The fourth-order valence-electron chi connectivity index (χ4n) is 2.50. The minimum absolute atomic E-state index is 0.150. The largest absolute Gasteiger partial charge is 0.478 e. The van der Waals surface area contributed by atoms with E-state index in [0.717, 1.165) is 12.0 Å². The number of carboxylic acids is 1. The first-order valence-electron chi connectivity index (χ1n) is 6.84. The summed E-state index contributed by atoms with van der Waals surface area (Å²) < 4.78 is 0. The molecule has 1 aliphatic heterocycles. The van der Waals surface area contributed by atoms with Crippen LogP contribution in [0.1, 0.15) is 42.6 Å². The SMILES string of the molecule is CCC(C)(N)C(=O)N1CCCc2c(C(=O)O)cccc21. The molecule has 0 bridgehead atoms. The van der Waals surface area contributed by atoms with Crippen molar-refractivity contribution in [2.24, 2.45) is 5.73 Å². The number of anilines is 1. The van der Waals surface area contributed by atoms with Gasteiger partial charge in [0, 0.05) is 12.2 Å². The summed E-state index contributed by atoms with van der Waals surface area (Å²) >= 11 is 0. The molecule has 1 aromatic rings. The van der Waals surface area contributed by atoms with E-state index in [1.807, 2.05) is 6.92 Å². The van der Waals surface area contributed by atoms with Crippen molar-refractivity contribution in [3.8, 4) is 0 Å². The first kappa shape index (κ1) is 14.5. The van der Waals surface area contributed by atoms with Gasteiger partial charge in [-0.15, -0.1) is 0 Å². The van der Waals surface area contributed by atoms with E-state index in [1.165, 1.54) is 0 Å². The lowest BCUT2D eigenvalue weighted by atomic mass is 9.92. The summed E-state index contributed by atoms with van der Waals surface area (Å²) in [7, 11) is 0. The van der Waals surface area contributed by atoms with Crippen LogP contribution in [0.25, 0.3) is 0 Å². The molecule has 0 radical (unpaired) electrons. The van der Waals surface area contributed by atoms with Crippen LogP contribution in [-0.4, -0.2) is 29.1 Å². The molecular weight excluding hydrogens is 256 g/mol. The number of hydrogen-bond donors (Lipinski definition) is 2. The lowest BCUT2D eigenvalue weighted by Crippen LogP contribution is -2.54. The number of nitrogens with zero attached hydrogens (tertiary/aromatic N) is 1. The third kappa shape index (κ3) is 2.41. The lowest BCUT2D eigenvalue weighted by Gasteiger charge is -2.35. The zero-order chi connectivity index (χ0) is 14.9. The maximum atomic E-state index is 12.5. The number of benzene rings is 1. The molecule has 5 heteroatoms. The van der Waals surface area contributed by atoms with E-state index in [1.54, 1.807) is 30.0 Å². The Bertz CT molecular complexity index is 552. The molecule has 0 spiro atoms. The van der Waals surface area contributed by atoms with Gasteiger partial charge in [-0.05, 0) is 43.9 Å². The van der Waals surface area contributed by atoms with E-state index in [-0.39, 0.29) is 11.5 Å². The van der Waals surface area contributed by atoms with Crippen LogP contribution >= 0.6 is 0 Å². The molecule has 20 heavy (non-hydrogen) atoms. The molecule has 0 saturated heterocycles. The molecule has 1 aliphatic rings. The van der Waals surface area contributed by atoms with E-state index in [2.05, 4.69) is 0 Å². The molecule has 1 heterocycles. The smallest absolute Gasteiger partial charge is 0.336 e. The molecule has 1 amide bonds. The van der Waals surface area contributed by atoms with E-state index in [0.29, 0.717) is 25.1 Å². The second-order valence-corrected chi connectivity index (χ2v) is 5.44. The monoisotopic (exact) mass is 276 g/mol. The molecule has 2 rings (SSSR count). The third-order valence-electron chi connectivity index (χ3n) is 3.95. The minimum Gasteiger partial charge on any atom is -0.478 e. The third-order valence-corrected chi connectivity index (χ3v) is 3.95. The van der Waals surface area contributed by atoms with E-state index >= 15 is 0 Å². The molecule has 3 N–H and O–H groups in total. The van der Waals surface area contributed by atoms with E-state index < -0.39 is 11.5 Å². The van der Waals surface area contributed by atoms with Crippen LogP contribution in [0, 0.1) is 0 Å². The Morgan fingerprint density at radius 2 is 2.15 bits per heavy atom. The van der Waals surface area contributed by atoms with Gasteiger partial charge in [0.15, 0.2) is 0 Å². The molecule has 1 atom stereocenters. The van der Waals surface area contributed by atoms with Crippen molar-refractivity contribution < 1.29 is 14.7 Å². The highest BCUT2D eigenvalue weighted by Crippen LogP contribution is 2.31. The van der Waals surface area contributed by atoms with Crippen molar-refractivity contribution in [1.82, 2.24) is 0 Å². The van der Waals surface area contributed by atoms with Crippen LogP contribution in [0.4, 0.5) is 5.69 Å². The Hall–Kier alpha value is -1.88. The fourth-order valence-corrected chi connectivity index (χ4v) is 2.50. The average Bonchev–Trinajstić information content (AvgIpc) is 2.45. The predicted octanol–water partition coefficient (Wildman–Crippen LogP) is 1.79. The number of carbonyl (C=O) groups excluding carboxylic acids is 1. The van der Waals surface area contributed by atoms with Gasteiger partial charge in [0.05, 0.1) is 11.1 Å². The summed E-state index contributed by atoms with van der Waals surface area (Å²) in [5.41, 5.74) is 6.80. The summed E-state index contributed by atoms with van der Waals surface area (Å²) in [5.74, 6) is -1.11. The van der Waals surface area contributed by atoms with Crippen molar-refractivity contribution in [3.63, 3.8) is 0 Å². The van der Waals surface area contributed by atoms with Gasteiger partial charge in [-0.25, -0.2) is 4.79 Å². The van der Waals surface area contributed by atoms with Crippen molar-refractivity contribution in [2.75, 3.05) is 11.4 Å². The van der Waals surface area contributed by atoms with Crippen molar-refractivity contribution >= 4 is 17.6 Å². The second kappa shape index (κ2) is 5.25. The van der Waals surface area contributed by atoms with Gasteiger partial charge in [-0.2, -0.15) is 0 Å². The van der Waals surface area contributed by atoms with Gasteiger partial charge >= 0.3 is 5.97 Å². The van der Waals surface area contributed by atoms with Gasteiger partial charge in [0.2, 0.25) is 5.91 Å². The number of hydrogen-bond acceptors (Lipinski definition) is 3. The molecular formula is C15H20N2O3. The number of carbonyl (C=O) groups is 2. The van der Waals surface area contributed by atoms with Gasteiger partial charge in [-0.3, -0.25) is 4.79 Å². The number of carboxylic acid groups (broad SMARTS) is 1. The number of nitrogens with two attached hydrogens (primary N) is 1. The zero-order valence-electron chi connectivity index (χ0n) is 11.8.